The van der Waals surface area contributed by atoms with Gasteiger partial charge in [-0.25, -0.2) is 4.68 Å². The van der Waals surface area contributed by atoms with Crippen molar-refractivity contribution in [3.8, 4) is 0 Å². The lowest BCUT2D eigenvalue weighted by molar-refractivity contribution is 0.123. The minimum atomic E-state index is -0.0986. The number of anilines is 1. The van der Waals surface area contributed by atoms with E-state index in [1.54, 1.807) is 12.3 Å². The first-order valence-corrected chi connectivity index (χ1v) is 5.66. The highest BCUT2D eigenvalue weighted by Gasteiger charge is 1.99. The molecule has 0 unspecified atom stereocenters. The SMILES string of the molecule is CCCOCCn1ncc(NCC)cc1=O. The average molecular weight is 225 g/mol. The molecule has 0 spiro atoms. The van der Waals surface area contributed by atoms with Crippen molar-refractivity contribution in [3.05, 3.63) is 22.6 Å². The maximum Gasteiger partial charge on any atom is 0.268 e. The van der Waals surface area contributed by atoms with E-state index < -0.39 is 0 Å². The molecule has 0 saturated carbocycles. The van der Waals surface area contributed by atoms with Gasteiger partial charge in [-0.1, -0.05) is 6.92 Å². The summed E-state index contributed by atoms with van der Waals surface area (Å²) < 4.78 is 6.72. The predicted molar refractivity (Wildman–Crippen MR) is 63.8 cm³/mol. The van der Waals surface area contributed by atoms with Gasteiger partial charge in [0, 0.05) is 19.2 Å². The molecule has 1 heterocycles. The number of nitrogens with zero attached hydrogens (tertiary/aromatic N) is 2. The summed E-state index contributed by atoms with van der Waals surface area (Å²) in [6, 6.07) is 1.55. The Kier molecular flexibility index (Phi) is 5.56. The fraction of sp³-hybridized carbons (Fsp3) is 0.636. The molecule has 1 rings (SSSR count). The standard InChI is InChI=1S/C11H19N3O2/c1-3-6-16-7-5-14-11(15)8-10(9-13-14)12-4-2/h8-9,12H,3-7H2,1-2H3. The van der Waals surface area contributed by atoms with Crippen LogP contribution in [0.25, 0.3) is 0 Å². The van der Waals surface area contributed by atoms with Crippen LogP contribution in [0.15, 0.2) is 17.1 Å². The first-order valence-electron chi connectivity index (χ1n) is 5.66. The highest BCUT2D eigenvalue weighted by Crippen LogP contribution is 1.98. The molecule has 1 aromatic heterocycles. The maximum atomic E-state index is 11.6. The van der Waals surface area contributed by atoms with Crippen LogP contribution in [0.4, 0.5) is 5.69 Å². The van der Waals surface area contributed by atoms with E-state index in [0.29, 0.717) is 13.2 Å². The van der Waals surface area contributed by atoms with Gasteiger partial charge in [0.2, 0.25) is 0 Å². The van der Waals surface area contributed by atoms with Crippen molar-refractivity contribution in [1.82, 2.24) is 9.78 Å². The zero-order chi connectivity index (χ0) is 11.8. The maximum absolute atomic E-state index is 11.6. The van der Waals surface area contributed by atoms with E-state index in [0.717, 1.165) is 25.3 Å². The highest BCUT2D eigenvalue weighted by molar-refractivity contribution is 5.38. The summed E-state index contributed by atoms with van der Waals surface area (Å²) in [4.78, 5) is 11.6. The molecule has 1 N–H and O–H groups in total. The van der Waals surface area contributed by atoms with Crippen LogP contribution in [-0.2, 0) is 11.3 Å². The molecule has 90 valence electrons. The van der Waals surface area contributed by atoms with Crippen LogP contribution in [0.2, 0.25) is 0 Å². The lowest BCUT2D eigenvalue weighted by Crippen LogP contribution is -2.24. The van der Waals surface area contributed by atoms with Crippen LogP contribution in [-0.4, -0.2) is 29.5 Å². The lowest BCUT2D eigenvalue weighted by atomic mass is 10.4. The second-order valence-corrected chi connectivity index (χ2v) is 3.45. The van der Waals surface area contributed by atoms with Gasteiger partial charge in [0.05, 0.1) is 25.0 Å². The molecule has 0 aliphatic carbocycles. The quantitative estimate of drug-likeness (QED) is 0.706. The minimum Gasteiger partial charge on any atom is -0.384 e. The Morgan fingerprint density at radius 2 is 2.25 bits per heavy atom. The molecular formula is C11H19N3O2. The fourth-order valence-electron chi connectivity index (χ4n) is 1.30. The van der Waals surface area contributed by atoms with Gasteiger partial charge in [0.15, 0.2) is 0 Å². The monoisotopic (exact) mass is 225 g/mol. The summed E-state index contributed by atoms with van der Waals surface area (Å²) in [5, 5.41) is 7.10. The number of aromatic nitrogens is 2. The van der Waals surface area contributed by atoms with E-state index in [1.165, 1.54) is 4.68 Å². The molecule has 16 heavy (non-hydrogen) atoms. The largest absolute Gasteiger partial charge is 0.384 e. The minimum absolute atomic E-state index is 0.0986. The zero-order valence-corrected chi connectivity index (χ0v) is 9.90. The highest BCUT2D eigenvalue weighted by atomic mass is 16.5. The van der Waals surface area contributed by atoms with Crippen molar-refractivity contribution in [3.63, 3.8) is 0 Å². The van der Waals surface area contributed by atoms with Gasteiger partial charge in [-0.2, -0.15) is 5.10 Å². The molecule has 1 aromatic rings. The molecule has 0 aromatic carbocycles. The Morgan fingerprint density at radius 1 is 1.44 bits per heavy atom. The summed E-state index contributed by atoms with van der Waals surface area (Å²) in [6.07, 6.45) is 2.65. The Morgan fingerprint density at radius 3 is 2.88 bits per heavy atom. The summed E-state index contributed by atoms with van der Waals surface area (Å²) in [5.41, 5.74) is 0.664. The Bertz CT molecular complexity index is 362. The van der Waals surface area contributed by atoms with Crippen molar-refractivity contribution in [2.24, 2.45) is 0 Å². The van der Waals surface area contributed by atoms with Crippen LogP contribution in [0.1, 0.15) is 20.3 Å². The van der Waals surface area contributed by atoms with Crippen LogP contribution < -0.4 is 10.9 Å². The number of ether oxygens (including phenoxy) is 1. The fourth-order valence-corrected chi connectivity index (χ4v) is 1.30. The molecule has 0 saturated heterocycles. The molecule has 0 aliphatic rings. The third-order valence-corrected chi connectivity index (χ3v) is 2.05. The molecule has 5 nitrogen and oxygen atoms in total. The summed E-state index contributed by atoms with van der Waals surface area (Å²) >= 11 is 0. The number of nitrogens with one attached hydrogen (secondary N) is 1. The first kappa shape index (κ1) is 12.7. The molecule has 0 aliphatic heterocycles. The van der Waals surface area contributed by atoms with Crippen LogP contribution in [0, 0.1) is 0 Å². The van der Waals surface area contributed by atoms with Crippen molar-refractivity contribution in [2.75, 3.05) is 25.1 Å². The molecule has 0 atom stereocenters. The van der Waals surface area contributed by atoms with Gasteiger partial charge in [0.1, 0.15) is 0 Å². The van der Waals surface area contributed by atoms with Gasteiger partial charge in [0.25, 0.3) is 5.56 Å². The molecule has 0 bridgehead atoms. The van der Waals surface area contributed by atoms with Gasteiger partial charge in [-0.3, -0.25) is 4.79 Å². The molecule has 5 heteroatoms. The average Bonchev–Trinajstić information content (AvgIpc) is 2.27. The van der Waals surface area contributed by atoms with Crippen molar-refractivity contribution < 1.29 is 4.74 Å². The first-order chi connectivity index (χ1) is 7.77. The van der Waals surface area contributed by atoms with E-state index in [2.05, 4.69) is 17.3 Å². The molecule has 0 amide bonds. The third kappa shape index (κ3) is 4.02. The van der Waals surface area contributed by atoms with Gasteiger partial charge < -0.3 is 10.1 Å². The molecule has 0 radical (unpaired) electrons. The zero-order valence-electron chi connectivity index (χ0n) is 9.90. The Balaban J connectivity index is 2.51. The Labute approximate surface area is 95.4 Å². The summed E-state index contributed by atoms with van der Waals surface area (Å²) in [5.74, 6) is 0. The second-order valence-electron chi connectivity index (χ2n) is 3.45. The van der Waals surface area contributed by atoms with Gasteiger partial charge in [-0.15, -0.1) is 0 Å². The van der Waals surface area contributed by atoms with Crippen molar-refractivity contribution >= 4 is 5.69 Å². The third-order valence-electron chi connectivity index (χ3n) is 2.05. The van der Waals surface area contributed by atoms with E-state index in [9.17, 15) is 4.79 Å². The van der Waals surface area contributed by atoms with E-state index in [1.807, 2.05) is 6.92 Å². The van der Waals surface area contributed by atoms with E-state index in [4.69, 9.17) is 4.74 Å². The van der Waals surface area contributed by atoms with Crippen molar-refractivity contribution in [1.29, 1.82) is 0 Å². The predicted octanol–water partition coefficient (Wildman–Crippen LogP) is 1.10. The second kappa shape index (κ2) is 7.00. The summed E-state index contributed by atoms with van der Waals surface area (Å²) in [7, 11) is 0. The number of hydrogen-bond donors (Lipinski definition) is 1. The van der Waals surface area contributed by atoms with E-state index >= 15 is 0 Å². The van der Waals surface area contributed by atoms with Gasteiger partial charge >= 0.3 is 0 Å². The number of hydrogen-bond acceptors (Lipinski definition) is 4. The summed E-state index contributed by atoms with van der Waals surface area (Å²) in [6.45, 7) is 6.57. The molecule has 0 fully saturated rings. The van der Waals surface area contributed by atoms with E-state index in [-0.39, 0.29) is 5.56 Å². The van der Waals surface area contributed by atoms with Crippen molar-refractivity contribution in [2.45, 2.75) is 26.8 Å². The van der Waals surface area contributed by atoms with Gasteiger partial charge in [-0.05, 0) is 13.3 Å². The van der Waals surface area contributed by atoms with Crippen LogP contribution in [0.3, 0.4) is 0 Å². The normalized spacial score (nSPS) is 10.4. The van der Waals surface area contributed by atoms with Crippen LogP contribution >= 0.6 is 0 Å². The topological polar surface area (TPSA) is 56.1 Å². The molecular weight excluding hydrogens is 206 g/mol. The smallest absolute Gasteiger partial charge is 0.268 e. The number of rotatable bonds is 7. The van der Waals surface area contributed by atoms with Crippen LogP contribution in [0.5, 0.6) is 0 Å². The Hall–Kier alpha value is -1.36. The lowest BCUT2D eigenvalue weighted by Gasteiger charge is -2.06.